The summed E-state index contributed by atoms with van der Waals surface area (Å²) < 4.78 is 0. The Morgan fingerprint density at radius 3 is 2.85 bits per heavy atom. The molecule has 0 aliphatic heterocycles. The molecule has 1 saturated carbocycles. The van der Waals surface area contributed by atoms with Crippen LogP contribution < -0.4 is 0 Å². The molecule has 0 amide bonds. The highest BCUT2D eigenvalue weighted by atomic mass is 16.3. The maximum absolute atomic E-state index is 8.90. The summed E-state index contributed by atoms with van der Waals surface area (Å²) in [6, 6.07) is 0. The van der Waals surface area contributed by atoms with Crippen LogP contribution in [0.2, 0.25) is 0 Å². The number of aliphatic hydroxyl groups excluding tert-OH is 1. The molecule has 0 aromatic carbocycles. The highest BCUT2D eigenvalue weighted by Gasteiger charge is 2.33. The van der Waals surface area contributed by atoms with Crippen LogP contribution in [0.1, 0.15) is 33.1 Å². The molecule has 0 aromatic heterocycles. The van der Waals surface area contributed by atoms with Gasteiger partial charge in [-0.25, -0.2) is 0 Å². The van der Waals surface area contributed by atoms with Crippen molar-refractivity contribution >= 4 is 0 Å². The van der Waals surface area contributed by atoms with Crippen molar-refractivity contribution in [3.8, 4) is 11.8 Å². The summed E-state index contributed by atoms with van der Waals surface area (Å²) in [4.78, 5) is 0. The van der Waals surface area contributed by atoms with E-state index in [1.54, 1.807) is 19.1 Å². The van der Waals surface area contributed by atoms with Gasteiger partial charge in [-0.2, -0.15) is 0 Å². The van der Waals surface area contributed by atoms with E-state index in [0.29, 0.717) is 0 Å². The third-order valence-corrected chi connectivity index (χ3v) is 2.52. The van der Waals surface area contributed by atoms with Crippen LogP contribution in [0.5, 0.6) is 0 Å². The van der Waals surface area contributed by atoms with E-state index in [9.17, 15) is 0 Å². The first-order chi connectivity index (χ1) is 6.24. The molecule has 0 bridgehead atoms. The van der Waals surface area contributed by atoms with Crippen LogP contribution in [0.4, 0.5) is 0 Å². The van der Waals surface area contributed by atoms with Gasteiger partial charge in [0.1, 0.15) is 0 Å². The smallest absolute Gasteiger partial charge is 0.0701 e. The van der Waals surface area contributed by atoms with E-state index < -0.39 is 0 Å². The molecule has 0 saturated heterocycles. The van der Waals surface area contributed by atoms with Crippen molar-refractivity contribution in [1.82, 2.24) is 0 Å². The molecule has 1 nitrogen and oxygen atoms in total. The zero-order chi connectivity index (χ0) is 9.68. The van der Waals surface area contributed by atoms with E-state index in [2.05, 4.69) is 18.8 Å². The monoisotopic (exact) mass is 178 g/mol. The Morgan fingerprint density at radius 1 is 1.54 bits per heavy atom. The molecule has 1 aliphatic carbocycles. The Morgan fingerprint density at radius 2 is 2.31 bits per heavy atom. The zero-order valence-corrected chi connectivity index (χ0v) is 8.46. The average molecular weight is 178 g/mol. The highest BCUT2D eigenvalue weighted by Crippen LogP contribution is 2.43. The van der Waals surface area contributed by atoms with Crippen molar-refractivity contribution < 1.29 is 5.11 Å². The van der Waals surface area contributed by atoms with Crippen LogP contribution in [0, 0.1) is 23.7 Å². The summed E-state index contributed by atoms with van der Waals surface area (Å²) >= 11 is 0. The van der Waals surface area contributed by atoms with Gasteiger partial charge in [0.15, 0.2) is 0 Å². The summed E-state index contributed by atoms with van der Waals surface area (Å²) in [5.41, 5.74) is 0. The van der Waals surface area contributed by atoms with E-state index in [4.69, 9.17) is 5.11 Å². The summed E-state index contributed by atoms with van der Waals surface area (Å²) in [5.74, 6) is 7.86. The number of hydrogen-bond acceptors (Lipinski definition) is 1. The molecule has 13 heavy (non-hydrogen) atoms. The predicted octanol–water partition coefficient (Wildman–Crippen LogP) is 2.36. The lowest BCUT2D eigenvalue weighted by Crippen LogP contribution is -1.90. The van der Waals surface area contributed by atoms with Crippen LogP contribution in [0.25, 0.3) is 0 Å². The van der Waals surface area contributed by atoms with Gasteiger partial charge in [-0.1, -0.05) is 25.2 Å². The van der Waals surface area contributed by atoms with Crippen LogP contribution in [0.15, 0.2) is 12.2 Å². The second kappa shape index (κ2) is 5.09. The summed E-state index contributed by atoms with van der Waals surface area (Å²) in [7, 11) is 0. The van der Waals surface area contributed by atoms with Crippen molar-refractivity contribution in [2.24, 2.45) is 11.8 Å². The van der Waals surface area contributed by atoms with Crippen molar-refractivity contribution in [3.63, 3.8) is 0 Å². The Hall–Kier alpha value is -0.740. The van der Waals surface area contributed by atoms with Gasteiger partial charge in [0.05, 0.1) is 6.10 Å². The van der Waals surface area contributed by atoms with E-state index in [0.717, 1.165) is 18.3 Å². The van der Waals surface area contributed by atoms with Crippen LogP contribution in [0.3, 0.4) is 0 Å². The first-order valence-corrected chi connectivity index (χ1v) is 5.07. The lowest BCUT2D eigenvalue weighted by atomic mass is 10.2. The standard InChI is InChI=1S/C12H18O/c1-3-11-9-12(11)8-6-4-5-7-10(2)13/h5,7,10-13H,3,8-9H2,1-2H3/b7-5+/t10?,11-,12+/m1/s1. The molecular formula is C12H18O. The first kappa shape index (κ1) is 10.3. The van der Waals surface area contributed by atoms with Gasteiger partial charge in [-0.3, -0.25) is 0 Å². The van der Waals surface area contributed by atoms with Gasteiger partial charge in [0.2, 0.25) is 0 Å². The number of rotatable bonds is 3. The van der Waals surface area contributed by atoms with E-state index in [-0.39, 0.29) is 6.10 Å². The molecule has 1 N–H and O–H groups in total. The fourth-order valence-electron chi connectivity index (χ4n) is 1.50. The van der Waals surface area contributed by atoms with E-state index in [1.165, 1.54) is 12.8 Å². The second-order valence-electron chi connectivity index (χ2n) is 3.79. The minimum atomic E-state index is -0.376. The van der Waals surface area contributed by atoms with Crippen molar-refractivity contribution in [3.05, 3.63) is 12.2 Å². The molecule has 1 heteroatoms. The lowest BCUT2D eigenvalue weighted by molar-refractivity contribution is 0.244. The molecular weight excluding hydrogens is 160 g/mol. The topological polar surface area (TPSA) is 20.2 Å². The third kappa shape index (κ3) is 4.15. The summed E-state index contributed by atoms with van der Waals surface area (Å²) in [6.45, 7) is 3.97. The van der Waals surface area contributed by atoms with Crippen LogP contribution >= 0.6 is 0 Å². The van der Waals surface area contributed by atoms with E-state index >= 15 is 0 Å². The Balaban J connectivity index is 2.12. The minimum Gasteiger partial charge on any atom is -0.389 e. The maximum Gasteiger partial charge on any atom is 0.0701 e. The van der Waals surface area contributed by atoms with E-state index in [1.807, 2.05) is 0 Å². The molecule has 1 unspecified atom stereocenters. The zero-order valence-electron chi connectivity index (χ0n) is 8.46. The number of aliphatic hydroxyl groups is 1. The maximum atomic E-state index is 8.90. The van der Waals surface area contributed by atoms with Gasteiger partial charge in [-0.15, -0.1) is 0 Å². The Bertz CT molecular complexity index is 229. The predicted molar refractivity (Wildman–Crippen MR) is 55.1 cm³/mol. The third-order valence-electron chi connectivity index (χ3n) is 2.52. The van der Waals surface area contributed by atoms with Crippen molar-refractivity contribution in [2.75, 3.05) is 0 Å². The van der Waals surface area contributed by atoms with Gasteiger partial charge in [-0.05, 0) is 37.3 Å². The molecule has 3 atom stereocenters. The first-order valence-electron chi connectivity index (χ1n) is 5.07. The SMILES string of the molecule is CC[C@@H]1C[C@@H]1CC#C/C=C/C(C)O. The normalized spacial score (nSPS) is 28.2. The fraction of sp³-hybridized carbons (Fsp3) is 0.667. The molecule has 0 heterocycles. The van der Waals surface area contributed by atoms with Gasteiger partial charge in [0, 0.05) is 6.42 Å². The Kier molecular flexibility index (Phi) is 4.05. The number of allylic oxidation sites excluding steroid dienone is 1. The second-order valence-corrected chi connectivity index (χ2v) is 3.79. The minimum absolute atomic E-state index is 0.376. The molecule has 0 radical (unpaired) electrons. The summed E-state index contributed by atoms with van der Waals surface area (Å²) in [6.07, 6.45) is 6.77. The van der Waals surface area contributed by atoms with Crippen LogP contribution in [-0.2, 0) is 0 Å². The van der Waals surface area contributed by atoms with Gasteiger partial charge < -0.3 is 5.11 Å². The molecule has 1 aliphatic rings. The molecule has 72 valence electrons. The van der Waals surface area contributed by atoms with Crippen LogP contribution in [-0.4, -0.2) is 11.2 Å². The molecule has 1 rings (SSSR count). The Labute approximate surface area is 80.9 Å². The molecule has 0 spiro atoms. The molecule has 1 fully saturated rings. The largest absolute Gasteiger partial charge is 0.389 e. The van der Waals surface area contributed by atoms with Gasteiger partial charge in [0.25, 0.3) is 0 Å². The fourth-order valence-corrected chi connectivity index (χ4v) is 1.50. The highest BCUT2D eigenvalue weighted by molar-refractivity contribution is 5.17. The summed E-state index contributed by atoms with van der Waals surface area (Å²) in [5, 5.41) is 8.90. The van der Waals surface area contributed by atoms with Crippen molar-refractivity contribution in [1.29, 1.82) is 0 Å². The average Bonchev–Trinajstić information content (AvgIpc) is 2.82. The quantitative estimate of drug-likeness (QED) is 0.658. The number of hydrogen-bond donors (Lipinski definition) is 1. The van der Waals surface area contributed by atoms with Gasteiger partial charge >= 0.3 is 0 Å². The molecule has 0 aromatic rings. The lowest BCUT2D eigenvalue weighted by Gasteiger charge is -1.88. The van der Waals surface area contributed by atoms with Crippen molar-refractivity contribution in [2.45, 2.75) is 39.2 Å².